The van der Waals surface area contributed by atoms with E-state index >= 15 is 0 Å². The van der Waals surface area contributed by atoms with Crippen LogP contribution < -0.4 is 5.32 Å². The summed E-state index contributed by atoms with van der Waals surface area (Å²) in [6.07, 6.45) is 1.51. The minimum atomic E-state index is -0.697. The molecule has 0 fully saturated rings. The van der Waals surface area contributed by atoms with Crippen LogP contribution in [0.2, 0.25) is 0 Å². The molecule has 3 rings (SSSR count). The predicted octanol–water partition coefficient (Wildman–Crippen LogP) is 1.98. The Morgan fingerprint density at radius 1 is 1.08 bits per heavy atom. The molecule has 0 spiro atoms. The molecule has 1 heterocycles. The minimum Gasteiger partial charge on any atom is -0.386 e. The zero-order chi connectivity index (χ0) is 17.5. The molecule has 0 aliphatic rings. The van der Waals surface area contributed by atoms with Crippen molar-refractivity contribution in [1.29, 1.82) is 0 Å². The average molecular weight is 336 g/mol. The van der Waals surface area contributed by atoms with Crippen LogP contribution in [-0.2, 0) is 13.0 Å². The second-order valence-electron chi connectivity index (χ2n) is 5.71. The summed E-state index contributed by atoms with van der Waals surface area (Å²) in [4.78, 5) is 16.1. The molecule has 6 nitrogen and oxygen atoms in total. The number of nitrogens with zero attached hydrogens (tertiary/aromatic N) is 3. The van der Waals surface area contributed by atoms with Gasteiger partial charge in [-0.15, -0.1) is 5.10 Å². The second-order valence-corrected chi connectivity index (χ2v) is 5.71. The van der Waals surface area contributed by atoms with Gasteiger partial charge < -0.3 is 10.4 Å². The summed E-state index contributed by atoms with van der Waals surface area (Å²) in [6.45, 7) is 0.762. The molecule has 2 N–H and O–H groups in total. The summed E-state index contributed by atoms with van der Waals surface area (Å²) in [6, 6.07) is 19.3. The van der Waals surface area contributed by atoms with Crippen molar-refractivity contribution in [2.24, 2.45) is 0 Å². The third kappa shape index (κ3) is 4.74. The maximum absolute atomic E-state index is 12.1. The standard InChI is InChI=1S/C19H20N4O2/c24-17(16-9-5-2-6-10-16)13-23-14-21-18(22-23)19(25)20-12-11-15-7-3-1-4-8-15/h1-10,14,17,24H,11-13H2,(H,20,25). The van der Waals surface area contributed by atoms with E-state index in [1.807, 2.05) is 60.7 Å². The van der Waals surface area contributed by atoms with E-state index in [1.165, 1.54) is 11.0 Å². The Labute approximate surface area is 146 Å². The molecule has 1 amide bonds. The molecule has 1 unspecified atom stereocenters. The Balaban J connectivity index is 1.51. The van der Waals surface area contributed by atoms with Crippen molar-refractivity contribution >= 4 is 5.91 Å². The third-order valence-electron chi connectivity index (χ3n) is 3.83. The summed E-state index contributed by atoms with van der Waals surface area (Å²) < 4.78 is 1.48. The smallest absolute Gasteiger partial charge is 0.290 e. The van der Waals surface area contributed by atoms with Gasteiger partial charge in [-0.25, -0.2) is 9.67 Å². The van der Waals surface area contributed by atoms with Crippen molar-refractivity contribution in [3.05, 3.63) is 83.9 Å². The summed E-state index contributed by atoms with van der Waals surface area (Å²) >= 11 is 0. The van der Waals surface area contributed by atoms with E-state index in [9.17, 15) is 9.90 Å². The fourth-order valence-electron chi connectivity index (χ4n) is 2.49. The van der Waals surface area contributed by atoms with Crippen molar-refractivity contribution in [2.45, 2.75) is 19.1 Å². The van der Waals surface area contributed by atoms with Crippen LogP contribution in [0.25, 0.3) is 0 Å². The number of amides is 1. The minimum absolute atomic E-state index is 0.105. The van der Waals surface area contributed by atoms with E-state index in [-0.39, 0.29) is 18.3 Å². The molecule has 6 heteroatoms. The highest BCUT2D eigenvalue weighted by atomic mass is 16.3. The topological polar surface area (TPSA) is 80.0 Å². The highest BCUT2D eigenvalue weighted by Crippen LogP contribution is 2.13. The zero-order valence-electron chi connectivity index (χ0n) is 13.7. The molecule has 3 aromatic rings. The molecule has 0 aliphatic carbocycles. The van der Waals surface area contributed by atoms with Gasteiger partial charge in [0.05, 0.1) is 12.6 Å². The summed E-state index contributed by atoms with van der Waals surface area (Å²) in [5.41, 5.74) is 1.96. The number of aromatic nitrogens is 3. The highest BCUT2D eigenvalue weighted by Gasteiger charge is 2.13. The fraction of sp³-hybridized carbons (Fsp3) is 0.211. The average Bonchev–Trinajstić information content (AvgIpc) is 3.12. The van der Waals surface area contributed by atoms with Crippen molar-refractivity contribution in [2.75, 3.05) is 6.54 Å². The lowest BCUT2D eigenvalue weighted by atomic mass is 10.1. The maximum Gasteiger partial charge on any atom is 0.290 e. The number of hydrogen-bond acceptors (Lipinski definition) is 4. The number of carbonyl (C=O) groups is 1. The van der Waals surface area contributed by atoms with Gasteiger partial charge in [0.1, 0.15) is 6.33 Å². The monoisotopic (exact) mass is 336 g/mol. The van der Waals surface area contributed by atoms with Crippen LogP contribution in [0, 0.1) is 0 Å². The van der Waals surface area contributed by atoms with Crippen molar-refractivity contribution < 1.29 is 9.90 Å². The second kappa shape index (κ2) is 8.21. The predicted molar refractivity (Wildman–Crippen MR) is 93.9 cm³/mol. The Morgan fingerprint density at radius 2 is 1.76 bits per heavy atom. The molecule has 0 saturated heterocycles. The highest BCUT2D eigenvalue weighted by molar-refractivity contribution is 5.90. The van der Waals surface area contributed by atoms with Gasteiger partial charge in [-0.2, -0.15) is 0 Å². The van der Waals surface area contributed by atoms with Crippen molar-refractivity contribution in [3.63, 3.8) is 0 Å². The van der Waals surface area contributed by atoms with E-state index in [4.69, 9.17) is 0 Å². The van der Waals surface area contributed by atoms with Gasteiger partial charge >= 0.3 is 0 Å². The van der Waals surface area contributed by atoms with Gasteiger partial charge in [-0.05, 0) is 17.5 Å². The van der Waals surface area contributed by atoms with E-state index in [1.54, 1.807) is 0 Å². The van der Waals surface area contributed by atoms with E-state index in [0.29, 0.717) is 6.54 Å². The van der Waals surface area contributed by atoms with E-state index < -0.39 is 6.10 Å². The van der Waals surface area contributed by atoms with E-state index in [0.717, 1.165) is 17.5 Å². The number of rotatable bonds is 7. The van der Waals surface area contributed by atoms with Crippen LogP contribution in [0.3, 0.4) is 0 Å². The number of nitrogens with one attached hydrogen (secondary N) is 1. The lowest BCUT2D eigenvalue weighted by molar-refractivity contribution is 0.0942. The SMILES string of the molecule is O=C(NCCc1ccccc1)c1ncn(CC(O)c2ccccc2)n1. The first-order chi connectivity index (χ1) is 12.2. The summed E-state index contributed by atoms with van der Waals surface area (Å²) in [5.74, 6) is -0.211. The molecule has 1 atom stereocenters. The lowest BCUT2D eigenvalue weighted by Crippen LogP contribution is -2.27. The molecule has 0 aliphatic heterocycles. The van der Waals surface area contributed by atoms with Crippen LogP contribution in [-0.4, -0.2) is 32.3 Å². The number of carbonyl (C=O) groups excluding carboxylic acids is 1. The Bertz CT molecular complexity index is 803. The molecular formula is C19H20N4O2. The van der Waals surface area contributed by atoms with E-state index in [2.05, 4.69) is 15.4 Å². The molecule has 2 aromatic carbocycles. The molecule has 1 aromatic heterocycles. The Hall–Kier alpha value is -2.99. The number of benzene rings is 2. The Morgan fingerprint density at radius 3 is 2.48 bits per heavy atom. The number of aliphatic hydroxyl groups is 1. The van der Waals surface area contributed by atoms with Crippen LogP contribution >= 0.6 is 0 Å². The van der Waals surface area contributed by atoms with Crippen LogP contribution in [0.4, 0.5) is 0 Å². The van der Waals surface area contributed by atoms with Crippen LogP contribution in [0.15, 0.2) is 67.0 Å². The van der Waals surface area contributed by atoms with Crippen LogP contribution in [0.5, 0.6) is 0 Å². The van der Waals surface area contributed by atoms with Gasteiger partial charge in [-0.3, -0.25) is 4.79 Å². The molecular weight excluding hydrogens is 316 g/mol. The molecule has 0 bridgehead atoms. The first-order valence-electron chi connectivity index (χ1n) is 8.17. The van der Waals surface area contributed by atoms with Gasteiger partial charge in [0.25, 0.3) is 5.91 Å². The van der Waals surface area contributed by atoms with Crippen LogP contribution in [0.1, 0.15) is 27.8 Å². The van der Waals surface area contributed by atoms with Gasteiger partial charge in [0, 0.05) is 6.54 Å². The summed E-state index contributed by atoms with van der Waals surface area (Å²) in [5, 5.41) is 17.1. The lowest BCUT2D eigenvalue weighted by Gasteiger charge is -2.10. The zero-order valence-corrected chi connectivity index (χ0v) is 13.7. The van der Waals surface area contributed by atoms with Crippen molar-refractivity contribution in [1.82, 2.24) is 20.1 Å². The molecule has 128 valence electrons. The van der Waals surface area contributed by atoms with Crippen molar-refractivity contribution in [3.8, 4) is 0 Å². The normalized spacial score (nSPS) is 11.9. The molecule has 25 heavy (non-hydrogen) atoms. The summed E-state index contributed by atoms with van der Waals surface area (Å²) in [7, 11) is 0. The molecule has 0 saturated carbocycles. The van der Waals surface area contributed by atoms with Gasteiger partial charge in [0.15, 0.2) is 0 Å². The fourth-order valence-corrected chi connectivity index (χ4v) is 2.49. The molecule has 0 radical (unpaired) electrons. The number of aliphatic hydroxyl groups excluding tert-OH is 1. The Kier molecular flexibility index (Phi) is 5.53. The first kappa shape index (κ1) is 16.9. The largest absolute Gasteiger partial charge is 0.386 e. The number of hydrogen-bond donors (Lipinski definition) is 2. The first-order valence-corrected chi connectivity index (χ1v) is 8.17. The maximum atomic E-state index is 12.1. The van der Waals surface area contributed by atoms with Gasteiger partial charge in [0.2, 0.25) is 5.82 Å². The quantitative estimate of drug-likeness (QED) is 0.691. The third-order valence-corrected chi connectivity index (χ3v) is 3.83. The van der Waals surface area contributed by atoms with Gasteiger partial charge in [-0.1, -0.05) is 60.7 Å².